The van der Waals surface area contributed by atoms with Crippen LogP contribution < -0.4 is 20.1 Å². The third-order valence-corrected chi connectivity index (χ3v) is 9.29. The van der Waals surface area contributed by atoms with Crippen molar-refractivity contribution in [2.75, 3.05) is 26.1 Å². The van der Waals surface area contributed by atoms with E-state index in [-0.39, 0.29) is 24.3 Å². The molecule has 4 heterocycles. The van der Waals surface area contributed by atoms with Gasteiger partial charge in [0.05, 0.1) is 36.8 Å². The zero-order valence-electron chi connectivity index (χ0n) is 23.1. The molecule has 3 N–H and O–H groups in total. The first-order chi connectivity index (χ1) is 20.4. The van der Waals surface area contributed by atoms with E-state index in [4.69, 9.17) is 21.1 Å². The molecule has 3 aliphatic rings. The Morgan fingerprint density at radius 1 is 0.952 bits per heavy atom. The number of likely N-dealkylation sites (tertiary alicyclic amines) is 1. The largest absolute Gasteiger partial charge is 0.493 e. The Morgan fingerprint density at radius 3 is 2.57 bits per heavy atom. The number of carbonyl (C=O) groups excluding carboxylic acids is 3. The van der Waals surface area contributed by atoms with Crippen LogP contribution in [0.4, 0.5) is 5.69 Å². The average Bonchev–Trinajstić information content (AvgIpc) is 3.71. The number of H-pyrrole nitrogens is 1. The van der Waals surface area contributed by atoms with E-state index in [1.807, 2.05) is 42.6 Å². The van der Waals surface area contributed by atoms with E-state index >= 15 is 0 Å². The Hall–Kier alpha value is -4.34. The number of methoxy groups -OCH3 is 2. The van der Waals surface area contributed by atoms with Crippen LogP contribution in [0.3, 0.4) is 0 Å². The number of nitrogens with one attached hydrogen (secondary N) is 3. The predicted octanol–water partition coefficient (Wildman–Crippen LogP) is 4.04. The van der Waals surface area contributed by atoms with Gasteiger partial charge in [0.2, 0.25) is 17.7 Å². The molecule has 4 atom stereocenters. The molecule has 1 spiro atoms. The van der Waals surface area contributed by atoms with Crippen molar-refractivity contribution >= 4 is 45.9 Å². The predicted molar refractivity (Wildman–Crippen MR) is 158 cm³/mol. The van der Waals surface area contributed by atoms with Crippen LogP contribution in [0.25, 0.3) is 10.9 Å². The second-order valence-electron chi connectivity index (χ2n) is 11.0. The first-order valence-electron chi connectivity index (χ1n) is 13.9. The number of aromatic amines is 1. The number of rotatable bonds is 7. The summed E-state index contributed by atoms with van der Waals surface area (Å²) in [5.74, 6) is -1.47. The number of ether oxygens (including phenoxy) is 2. The minimum Gasteiger partial charge on any atom is -0.493 e. The minimum atomic E-state index is -1.41. The molecule has 3 aliphatic heterocycles. The second kappa shape index (κ2) is 9.89. The number of halogens is 1. The van der Waals surface area contributed by atoms with Gasteiger partial charge in [-0.25, -0.2) is 0 Å². The Labute approximate surface area is 247 Å². The summed E-state index contributed by atoms with van der Waals surface area (Å²) < 4.78 is 10.8. The van der Waals surface area contributed by atoms with Gasteiger partial charge in [0, 0.05) is 35.2 Å². The van der Waals surface area contributed by atoms with Crippen LogP contribution in [-0.2, 0) is 32.8 Å². The molecule has 3 aromatic carbocycles. The Kier molecular flexibility index (Phi) is 6.25. The molecule has 10 heteroatoms. The molecular formula is C32H29ClN4O5. The van der Waals surface area contributed by atoms with Crippen LogP contribution in [0.5, 0.6) is 11.5 Å². The maximum absolute atomic E-state index is 14.2. The number of para-hydroxylation sites is 2. The number of imide groups is 1. The highest BCUT2D eigenvalue weighted by molar-refractivity contribution is 6.35. The Morgan fingerprint density at radius 2 is 1.76 bits per heavy atom. The van der Waals surface area contributed by atoms with Crippen LogP contribution in [0.2, 0.25) is 5.02 Å². The summed E-state index contributed by atoms with van der Waals surface area (Å²) in [5.41, 5.74) is 2.55. The van der Waals surface area contributed by atoms with E-state index in [1.165, 1.54) is 4.90 Å². The normalized spacial score (nSPS) is 24.4. The molecule has 0 bridgehead atoms. The lowest BCUT2D eigenvalue weighted by Gasteiger charge is -2.29. The minimum absolute atomic E-state index is 0.181. The van der Waals surface area contributed by atoms with E-state index < -0.39 is 23.4 Å². The van der Waals surface area contributed by atoms with Gasteiger partial charge in [-0.2, -0.15) is 0 Å². The van der Waals surface area contributed by atoms with Crippen molar-refractivity contribution in [2.24, 2.45) is 11.8 Å². The van der Waals surface area contributed by atoms with Gasteiger partial charge >= 0.3 is 0 Å². The molecule has 4 aromatic rings. The number of hydrogen-bond acceptors (Lipinski definition) is 6. The highest BCUT2D eigenvalue weighted by atomic mass is 35.5. The van der Waals surface area contributed by atoms with E-state index in [2.05, 4.69) is 15.6 Å². The van der Waals surface area contributed by atoms with E-state index in [9.17, 15) is 14.4 Å². The molecule has 0 aliphatic carbocycles. The van der Waals surface area contributed by atoms with E-state index in [1.54, 1.807) is 38.5 Å². The lowest BCUT2D eigenvalue weighted by molar-refractivity contribution is -0.142. The molecule has 0 radical (unpaired) electrons. The van der Waals surface area contributed by atoms with Gasteiger partial charge in [0.15, 0.2) is 11.5 Å². The van der Waals surface area contributed by atoms with Crippen LogP contribution in [0.15, 0.2) is 66.9 Å². The molecule has 2 saturated heterocycles. The number of carbonyl (C=O) groups is 3. The fourth-order valence-corrected chi connectivity index (χ4v) is 7.28. The SMILES string of the molecule is COc1ccc(CCN2C(=O)[C@@H]3[C@H](Cc4c[nH]c5ccccc45)N[C@@]4(C(=O)Nc5c(Cl)cccc54)[C@@H]3C2=O)cc1OC. The zero-order chi connectivity index (χ0) is 29.2. The fraction of sp³-hybridized carbons (Fsp3) is 0.281. The van der Waals surface area contributed by atoms with Crippen molar-refractivity contribution in [3.63, 3.8) is 0 Å². The van der Waals surface area contributed by atoms with Gasteiger partial charge in [-0.3, -0.25) is 24.6 Å². The molecule has 7 rings (SSSR count). The monoisotopic (exact) mass is 584 g/mol. The highest BCUT2D eigenvalue weighted by Gasteiger charge is 2.70. The van der Waals surface area contributed by atoms with Crippen LogP contribution in [-0.4, -0.2) is 54.4 Å². The molecule has 1 aromatic heterocycles. The first-order valence-corrected chi connectivity index (χ1v) is 14.2. The number of nitrogens with zero attached hydrogens (tertiary/aromatic N) is 1. The van der Waals surface area contributed by atoms with Crippen LogP contribution in [0.1, 0.15) is 16.7 Å². The average molecular weight is 585 g/mol. The maximum atomic E-state index is 14.2. The number of amides is 3. The third kappa shape index (κ3) is 3.77. The van der Waals surface area contributed by atoms with Gasteiger partial charge in [-0.15, -0.1) is 0 Å². The maximum Gasteiger partial charge on any atom is 0.250 e. The molecule has 0 saturated carbocycles. The summed E-state index contributed by atoms with van der Waals surface area (Å²) in [5, 5.41) is 7.84. The summed E-state index contributed by atoms with van der Waals surface area (Å²) in [4.78, 5) is 46.8. The van der Waals surface area contributed by atoms with E-state index in [0.29, 0.717) is 40.6 Å². The Bertz CT molecular complexity index is 1770. The standard InChI is InChI=1S/C32H29ClN4O5/c1-41-24-11-10-17(14-25(24)42-2)12-13-37-29(38)26-23(15-18-16-34-22-9-4-3-6-19(18)22)36-32(27(26)30(37)39)20-7-5-8-21(33)28(20)35-31(32)40/h3-11,14,16,23,26-27,34,36H,12-13,15H2,1-2H3,(H,35,40)/t23-,26+,27-,32+/m0/s1. The van der Waals surface area contributed by atoms with Crippen molar-refractivity contribution in [3.05, 3.63) is 88.6 Å². The van der Waals surface area contributed by atoms with Crippen LogP contribution in [0, 0.1) is 11.8 Å². The van der Waals surface area contributed by atoms with Gasteiger partial charge < -0.3 is 19.8 Å². The van der Waals surface area contributed by atoms with Gasteiger partial charge in [0.1, 0.15) is 5.54 Å². The molecule has 9 nitrogen and oxygen atoms in total. The summed E-state index contributed by atoms with van der Waals surface area (Å²) in [7, 11) is 3.13. The first kappa shape index (κ1) is 26.6. The number of benzene rings is 3. The second-order valence-corrected chi connectivity index (χ2v) is 11.4. The zero-order valence-corrected chi connectivity index (χ0v) is 23.8. The summed E-state index contributed by atoms with van der Waals surface area (Å²) in [6.45, 7) is 0.181. The van der Waals surface area contributed by atoms with Crippen molar-refractivity contribution < 1.29 is 23.9 Å². The third-order valence-electron chi connectivity index (χ3n) is 8.98. The van der Waals surface area contributed by atoms with Crippen molar-refractivity contribution in [1.29, 1.82) is 0 Å². The van der Waals surface area contributed by atoms with Gasteiger partial charge in [0.25, 0.3) is 0 Å². The fourth-order valence-electron chi connectivity index (χ4n) is 7.06. The summed E-state index contributed by atoms with van der Waals surface area (Å²) >= 11 is 6.49. The Balaban J connectivity index is 1.26. The number of fused-ring (bicyclic) bond motifs is 5. The smallest absolute Gasteiger partial charge is 0.250 e. The lowest BCUT2D eigenvalue weighted by atomic mass is 9.76. The summed E-state index contributed by atoms with van der Waals surface area (Å²) in [6, 6.07) is 18.3. The number of aromatic nitrogens is 1. The molecular weight excluding hydrogens is 556 g/mol. The summed E-state index contributed by atoms with van der Waals surface area (Å²) in [6.07, 6.45) is 2.82. The molecule has 214 valence electrons. The van der Waals surface area contributed by atoms with Crippen molar-refractivity contribution in [2.45, 2.75) is 24.4 Å². The molecule has 42 heavy (non-hydrogen) atoms. The molecule has 3 amide bonds. The van der Waals surface area contributed by atoms with Gasteiger partial charge in [-0.1, -0.05) is 48.0 Å². The highest BCUT2D eigenvalue weighted by Crippen LogP contribution is 2.54. The quantitative estimate of drug-likeness (QED) is 0.283. The number of hydrogen-bond donors (Lipinski definition) is 3. The van der Waals surface area contributed by atoms with Crippen LogP contribution >= 0.6 is 11.6 Å². The molecule has 0 unspecified atom stereocenters. The van der Waals surface area contributed by atoms with Crippen molar-refractivity contribution in [3.8, 4) is 11.5 Å². The topological polar surface area (TPSA) is 113 Å². The van der Waals surface area contributed by atoms with E-state index in [0.717, 1.165) is 22.0 Å². The number of anilines is 1. The van der Waals surface area contributed by atoms with Crippen molar-refractivity contribution in [1.82, 2.24) is 15.2 Å². The van der Waals surface area contributed by atoms with Gasteiger partial charge in [-0.05, 0) is 48.2 Å². The molecule has 2 fully saturated rings. The lowest BCUT2D eigenvalue weighted by Crippen LogP contribution is -2.53.